The van der Waals surface area contributed by atoms with E-state index in [1.807, 2.05) is 30.3 Å². The molecule has 0 spiro atoms. The van der Waals surface area contributed by atoms with Gasteiger partial charge in [0.1, 0.15) is 16.1 Å². The van der Waals surface area contributed by atoms with Crippen LogP contribution < -0.4 is 5.32 Å². The Hall–Kier alpha value is -2.58. The molecule has 0 saturated heterocycles. The van der Waals surface area contributed by atoms with Crippen LogP contribution in [0.3, 0.4) is 0 Å². The molecule has 1 unspecified atom stereocenters. The molecule has 1 N–H and O–H groups in total. The number of nitrogens with one attached hydrogen (secondary N) is 1. The van der Waals surface area contributed by atoms with Crippen LogP contribution in [-0.4, -0.2) is 24.6 Å². The Morgan fingerprint density at radius 2 is 1.81 bits per heavy atom. The van der Waals surface area contributed by atoms with Gasteiger partial charge in [0.15, 0.2) is 9.84 Å². The predicted molar refractivity (Wildman–Crippen MR) is 105 cm³/mol. The van der Waals surface area contributed by atoms with Crippen LogP contribution in [0.5, 0.6) is 0 Å². The maximum absolute atomic E-state index is 13.6. The van der Waals surface area contributed by atoms with Crippen LogP contribution in [0.4, 0.5) is 10.1 Å². The third-order valence-electron chi connectivity index (χ3n) is 3.96. The Morgan fingerprint density at radius 1 is 1.15 bits per heavy atom. The molecule has 0 bridgehead atoms. The lowest BCUT2D eigenvalue weighted by atomic mass is 10.2. The number of benzene rings is 2. The van der Waals surface area contributed by atoms with Crippen molar-refractivity contribution in [3.05, 3.63) is 71.5 Å². The molecular formula is C19H17FN2O3S2. The summed E-state index contributed by atoms with van der Waals surface area (Å²) in [5.41, 5.74) is 1.23. The smallest absolute Gasteiger partial charge is 0.242 e. The van der Waals surface area contributed by atoms with E-state index < -0.39 is 26.8 Å². The molecule has 0 saturated carbocycles. The molecule has 1 aromatic heterocycles. The first-order valence-electron chi connectivity index (χ1n) is 8.13. The SMILES string of the molecule is CC(C(=O)Nc1ccccc1F)S(=O)(=O)Cc1csc(-c2ccccc2)n1. The molecule has 3 rings (SSSR count). The van der Waals surface area contributed by atoms with Crippen LogP contribution in [0.15, 0.2) is 60.0 Å². The molecule has 0 aliphatic carbocycles. The molecule has 1 amide bonds. The second kappa shape index (κ2) is 7.98. The van der Waals surface area contributed by atoms with Crippen LogP contribution >= 0.6 is 11.3 Å². The van der Waals surface area contributed by atoms with Crippen LogP contribution in [-0.2, 0) is 20.4 Å². The predicted octanol–water partition coefficient (Wildman–Crippen LogP) is 3.89. The van der Waals surface area contributed by atoms with Crippen molar-refractivity contribution in [2.75, 3.05) is 5.32 Å². The number of nitrogens with zero attached hydrogens (tertiary/aromatic N) is 1. The second-order valence-electron chi connectivity index (χ2n) is 5.93. The van der Waals surface area contributed by atoms with Crippen molar-refractivity contribution in [3.8, 4) is 10.6 Å². The van der Waals surface area contributed by atoms with Gasteiger partial charge in [0.2, 0.25) is 5.91 Å². The van der Waals surface area contributed by atoms with Gasteiger partial charge in [-0.1, -0.05) is 42.5 Å². The lowest BCUT2D eigenvalue weighted by Crippen LogP contribution is -2.33. The highest BCUT2D eigenvalue weighted by molar-refractivity contribution is 7.92. The Morgan fingerprint density at radius 3 is 2.52 bits per heavy atom. The minimum atomic E-state index is -3.80. The summed E-state index contributed by atoms with van der Waals surface area (Å²) in [5.74, 6) is -1.76. The van der Waals surface area contributed by atoms with Crippen molar-refractivity contribution in [2.45, 2.75) is 17.9 Å². The van der Waals surface area contributed by atoms with Gasteiger partial charge in [-0.2, -0.15) is 0 Å². The fourth-order valence-electron chi connectivity index (χ4n) is 2.38. The van der Waals surface area contributed by atoms with Crippen LogP contribution in [0.1, 0.15) is 12.6 Å². The zero-order valence-corrected chi connectivity index (χ0v) is 16.1. The van der Waals surface area contributed by atoms with E-state index in [0.717, 1.165) is 5.56 Å². The summed E-state index contributed by atoms with van der Waals surface area (Å²) < 4.78 is 38.8. The number of para-hydroxylation sites is 1. The van der Waals surface area contributed by atoms with E-state index in [0.29, 0.717) is 10.7 Å². The number of sulfone groups is 1. The van der Waals surface area contributed by atoms with E-state index in [-0.39, 0.29) is 11.4 Å². The first-order valence-corrected chi connectivity index (χ1v) is 10.7. The zero-order chi connectivity index (χ0) is 19.4. The highest BCUT2D eigenvalue weighted by atomic mass is 32.2. The summed E-state index contributed by atoms with van der Waals surface area (Å²) in [6, 6.07) is 15.0. The summed E-state index contributed by atoms with van der Waals surface area (Å²) in [6.45, 7) is 1.29. The van der Waals surface area contributed by atoms with E-state index in [4.69, 9.17) is 0 Å². The molecule has 3 aromatic rings. The molecular weight excluding hydrogens is 387 g/mol. The van der Waals surface area contributed by atoms with E-state index >= 15 is 0 Å². The second-order valence-corrected chi connectivity index (χ2v) is 9.11. The fourth-order valence-corrected chi connectivity index (χ4v) is 4.50. The van der Waals surface area contributed by atoms with Crippen molar-refractivity contribution in [1.29, 1.82) is 0 Å². The topological polar surface area (TPSA) is 76.1 Å². The molecule has 2 aromatic carbocycles. The van der Waals surface area contributed by atoms with E-state index in [1.165, 1.54) is 36.5 Å². The standard InChI is InChI=1S/C19H17FN2O3S2/c1-13(18(23)22-17-10-6-5-9-16(17)20)27(24,25)12-15-11-26-19(21-15)14-7-3-2-4-8-14/h2-11,13H,12H2,1H3,(H,22,23). The summed E-state index contributed by atoms with van der Waals surface area (Å²) >= 11 is 1.34. The van der Waals surface area contributed by atoms with Gasteiger partial charge in [0.05, 0.1) is 17.1 Å². The van der Waals surface area contributed by atoms with Crippen molar-refractivity contribution < 1.29 is 17.6 Å². The van der Waals surface area contributed by atoms with Gasteiger partial charge in [0.25, 0.3) is 0 Å². The molecule has 5 nitrogen and oxygen atoms in total. The van der Waals surface area contributed by atoms with E-state index in [2.05, 4.69) is 10.3 Å². The van der Waals surface area contributed by atoms with Gasteiger partial charge in [-0.3, -0.25) is 4.79 Å². The quantitative estimate of drug-likeness (QED) is 0.676. The normalized spacial score (nSPS) is 12.5. The van der Waals surface area contributed by atoms with Gasteiger partial charge in [0, 0.05) is 10.9 Å². The molecule has 0 radical (unpaired) electrons. The average Bonchev–Trinajstić information content (AvgIpc) is 3.11. The van der Waals surface area contributed by atoms with Crippen LogP contribution in [0.2, 0.25) is 0 Å². The van der Waals surface area contributed by atoms with Gasteiger partial charge < -0.3 is 5.32 Å². The highest BCUT2D eigenvalue weighted by Gasteiger charge is 2.29. The molecule has 0 aliphatic heterocycles. The molecule has 8 heteroatoms. The lowest BCUT2D eigenvalue weighted by molar-refractivity contribution is -0.115. The van der Waals surface area contributed by atoms with Crippen molar-refractivity contribution >= 4 is 32.8 Å². The number of hydrogen-bond donors (Lipinski definition) is 1. The molecule has 0 fully saturated rings. The molecule has 27 heavy (non-hydrogen) atoms. The highest BCUT2D eigenvalue weighted by Crippen LogP contribution is 2.25. The van der Waals surface area contributed by atoms with Crippen LogP contribution in [0.25, 0.3) is 10.6 Å². The monoisotopic (exact) mass is 404 g/mol. The fraction of sp³-hybridized carbons (Fsp3) is 0.158. The van der Waals surface area contributed by atoms with Crippen molar-refractivity contribution in [1.82, 2.24) is 4.98 Å². The zero-order valence-electron chi connectivity index (χ0n) is 14.4. The Balaban J connectivity index is 1.71. The number of halogens is 1. The van der Waals surface area contributed by atoms with Gasteiger partial charge in [-0.25, -0.2) is 17.8 Å². The maximum Gasteiger partial charge on any atom is 0.242 e. The Bertz CT molecular complexity index is 1050. The number of carbonyl (C=O) groups is 1. The Kier molecular flexibility index (Phi) is 5.67. The number of hydrogen-bond acceptors (Lipinski definition) is 5. The van der Waals surface area contributed by atoms with E-state index in [9.17, 15) is 17.6 Å². The summed E-state index contributed by atoms with van der Waals surface area (Å²) in [5, 5.41) is 3.37. The third-order valence-corrected chi connectivity index (χ3v) is 6.89. The van der Waals surface area contributed by atoms with Crippen molar-refractivity contribution in [3.63, 3.8) is 0 Å². The minimum absolute atomic E-state index is 0.0513. The number of anilines is 1. The number of rotatable bonds is 6. The number of amides is 1. The molecule has 0 aliphatic rings. The van der Waals surface area contributed by atoms with Gasteiger partial charge >= 0.3 is 0 Å². The number of carbonyl (C=O) groups excluding carboxylic acids is 1. The maximum atomic E-state index is 13.6. The lowest BCUT2D eigenvalue weighted by Gasteiger charge is -2.13. The summed E-state index contributed by atoms with van der Waals surface area (Å²) in [4.78, 5) is 16.6. The average molecular weight is 404 g/mol. The molecule has 1 atom stereocenters. The minimum Gasteiger partial charge on any atom is -0.322 e. The summed E-state index contributed by atoms with van der Waals surface area (Å²) in [6.07, 6.45) is 0. The largest absolute Gasteiger partial charge is 0.322 e. The first kappa shape index (κ1) is 19.2. The van der Waals surface area contributed by atoms with E-state index in [1.54, 1.807) is 11.4 Å². The number of aromatic nitrogens is 1. The van der Waals surface area contributed by atoms with Crippen LogP contribution in [0, 0.1) is 5.82 Å². The first-order chi connectivity index (χ1) is 12.9. The van der Waals surface area contributed by atoms with Gasteiger partial charge in [-0.15, -0.1) is 11.3 Å². The molecule has 1 heterocycles. The third kappa shape index (κ3) is 4.58. The van der Waals surface area contributed by atoms with Crippen molar-refractivity contribution in [2.24, 2.45) is 0 Å². The van der Waals surface area contributed by atoms with Gasteiger partial charge in [-0.05, 0) is 19.1 Å². The number of thiazole rings is 1. The molecule has 140 valence electrons. The summed E-state index contributed by atoms with van der Waals surface area (Å²) in [7, 11) is -3.80. The Labute approximate surface area is 160 Å².